The molecule has 1 aromatic carbocycles. The van der Waals surface area contributed by atoms with E-state index in [0.717, 1.165) is 16.5 Å². The van der Waals surface area contributed by atoms with Crippen molar-refractivity contribution >= 4 is 16.9 Å². The number of H-pyrrole nitrogens is 1. The Morgan fingerprint density at radius 1 is 1.31 bits per heavy atom. The average molecular weight is 219 g/mol. The second-order valence-electron chi connectivity index (χ2n) is 3.57. The smallest absolute Gasteiger partial charge is 0.358 e. The fourth-order valence-corrected chi connectivity index (χ4v) is 1.74. The Labute approximate surface area is 93.2 Å². The highest BCUT2D eigenvalue weighted by Gasteiger charge is 2.18. The zero-order valence-corrected chi connectivity index (χ0v) is 9.46. The van der Waals surface area contributed by atoms with Gasteiger partial charge in [0.25, 0.3) is 0 Å². The third-order valence-corrected chi connectivity index (χ3v) is 2.50. The highest BCUT2D eigenvalue weighted by atomic mass is 16.5. The zero-order chi connectivity index (χ0) is 11.7. The highest BCUT2D eigenvalue weighted by Crippen LogP contribution is 2.30. The normalized spacial score (nSPS) is 10.4. The molecule has 0 aliphatic heterocycles. The molecule has 0 bridgehead atoms. The first-order chi connectivity index (χ1) is 7.67. The van der Waals surface area contributed by atoms with Gasteiger partial charge in [-0.1, -0.05) is 11.6 Å². The lowest BCUT2D eigenvalue weighted by atomic mass is 10.1. The van der Waals surface area contributed by atoms with E-state index in [1.54, 1.807) is 0 Å². The molecular formula is C12H13NO3. The molecule has 0 atom stereocenters. The fraction of sp³-hybridized carbons (Fsp3) is 0.250. The van der Waals surface area contributed by atoms with Crippen LogP contribution in [0.5, 0.6) is 5.75 Å². The molecule has 0 fully saturated rings. The first-order valence-corrected chi connectivity index (χ1v) is 4.92. The van der Waals surface area contributed by atoms with Gasteiger partial charge in [-0.05, 0) is 19.1 Å². The van der Waals surface area contributed by atoms with Gasteiger partial charge in [-0.25, -0.2) is 4.79 Å². The molecule has 0 saturated carbocycles. The molecule has 0 saturated heterocycles. The summed E-state index contributed by atoms with van der Waals surface area (Å²) in [6, 6.07) is 5.86. The minimum atomic E-state index is -0.425. The van der Waals surface area contributed by atoms with E-state index in [2.05, 4.69) is 9.72 Å². The standard InChI is InChI=1S/C12H13NO3/c1-7-4-5-9-8(6-7)11(15-2)10(13-9)12(14)16-3/h4-6,13H,1-3H3. The van der Waals surface area contributed by atoms with Crippen molar-refractivity contribution in [2.75, 3.05) is 14.2 Å². The lowest BCUT2D eigenvalue weighted by molar-refractivity contribution is 0.0591. The van der Waals surface area contributed by atoms with Crippen molar-refractivity contribution in [2.45, 2.75) is 6.92 Å². The molecule has 2 rings (SSSR count). The number of aryl methyl sites for hydroxylation is 1. The van der Waals surface area contributed by atoms with Crippen molar-refractivity contribution in [1.29, 1.82) is 0 Å². The number of nitrogens with one attached hydrogen (secondary N) is 1. The van der Waals surface area contributed by atoms with Gasteiger partial charge in [-0.2, -0.15) is 0 Å². The second-order valence-corrected chi connectivity index (χ2v) is 3.57. The molecule has 0 radical (unpaired) electrons. The van der Waals surface area contributed by atoms with Gasteiger partial charge >= 0.3 is 5.97 Å². The number of carbonyl (C=O) groups excluding carboxylic acids is 1. The van der Waals surface area contributed by atoms with Gasteiger partial charge in [-0.3, -0.25) is 0 Å². The molecule has 0 amide bonds. The minimum Gasteiger partial charge on any atom is -0.494 e. The number of hydrogen-bond acceptors (Lipinski definition) is 3. The van der Waals surface area contributed by atoms with Gasteiger partial charge in [0.2, 0.25) is 0 Å². The number of carbonyl (C=O) groups is 1. The summed E-state index contributed by atoms with van der Waals surface area (Å²) >= 11 is 0. The van der Waals surface area contributed by atoms with E-state index in [0.29, 0.717) is 11.4 Å². The van der Waals surface area contributed by atoms with Crippen LogP contribution in [0.25, 0.3) is 10.9 Å². The van der Waals surface area contributed by atoms with Crippen molar-refractivity contribution in [3.8, 4) is 5.75 Å². The summed E-state index contributed by atoms with van der Waals surface area (Å²) in [5, 5.41) is 0.892. The predicted octanol–water partition coefficient (Wildman–Crippen LogP) is 2.27. The van der Waals surface area contributed by atoms with Crippen LogP contribution in [0.3, 0.4) is 0 Å². The first kappa shape index (κ1) is 10.5. The Morgan fingerprint density at radius 2 is 2.06 bits per heavy atom. The summed E-state index contributed by atoms with van der Waals surface area (Å²) in [5.74, 6) is 0.108. The highest BCUT2D eigenvalue weighted by molar-refractivity contribution is 6.01. The molecule has 1 N–H and O–H groups in total. The largest absolute Gasteiger partial charge is 0.494 e. The molecule has 1 heterocycles. The third-order valence-electron chi connectivity index (χ3n) is 2.50. The maximum atomic E-state index is 11.5. The van der Waals surface area contributed by atoms with E-state index in [4.69, 9.17) is 4.74 Å². The number of methoxy groups -OCH3 is 2. The summed E-state index contributed by atoms with van der Waals surface area (Å²) in [5.41, 5.74) is 2.33. The maximum Gasteiger partial charge on any atom is 0.358 e. The van der Waals surface area contributed by atoms with Crippen LogP contribution in [0, 0.1) is 6.92 Å². The lowest BCUT2D eigenvalue weighted by Gasteiger charge is -2.01. The molecule has 1 aromatic heterocycles. The zero-order valence-electron chi connectivity index (χ0n) is 9.46. The SMILES string of the molecule is COC(=O)c1[nH]c2ccc(C)cc2c1OC. The number of hydrogen-bond donors (Lipinski definition) is 1. The fourth-order valence-electron chi connectivity index (χ4n) is 1.74. The Kier molecular flexibility index (Phi) is 2.56. The van der Waals surface area contributed by atoms with Crippen LogP contribution < -0.4 is 4.74 Å². The van der Waals surface area contributed by atoms with E-state index in [-0.39, 0.29) is 0 Å². The van der Waals surface area contributed by atoms with Crippen LogP contribution in [0.1, 0.15) is 16.1 Å². The predicted molar refractivity (Wildman–Crippen MR) is 60.9 cm³/mol. The van der Waals surface area contributed by atoms with E-state index in [1.807, 2.05) is 25.1 Å². The number of benzene rings is 1. The van der Waals surface area contributed by atoms with Gasteiger partial charge in [0, 0.05) is 10.9 Å². The van der Waals surface area contributed by atoms with Crippen LogP contribution >= 0.6 is 0 Å². The summed E-state index contributed by atoms with van der Waals surface area (Å²) in [4.78, 5) is 14.5. The number of fused-ring (bicyclic) bond motifs is 1. The van der Waals surface area contributed by atoms with Crippen LogP contribution in [-0.2, 0) is 4.74 Å². The number of aromatic nitrogens is 1. The molecule has 0 aliphatic rings. The van der Waals surface area contributed by atoms with Crippen LogP contribution in [0.4, 0.5) is 0 Å². The Morgan fingerprint density at radius 3 is 2.69 bits per heavy atom. The van der Waals surface area contributed by atoms with Gasteiger partial charge in [0.15, 0.2) is 11.4 Å². The Hall–Kier alpha value is -1.97. The molecule has 4 heteroatoms. The number of aromatic amines is 1. The lowest BCUT2D eigenvalue weighted by Crippen LogP contribution is -2.03. The average Bonchev–Trinajstić information content (AvgIpc) is 2.65. The Balaban J connectivity index is 2.71. The van der Waals surface area contributed by atoms with Crippen molar-refractivity contribution in [3.63, 3.8) is 0 Å². The summed E-state index contributed by atoms with van der Waals surface area (Å²) in [6.45, 7) is 1.99. The number of ether oxygens (including phenoxy) is 2. The summed E-state index contributed by atoms with van der Waals surface area (Å²) in [6.07, 6.45) is 0. The van der Waals surface area contributed by atoms with Crippen molar-refractivity contribution < 1.29 is 14.3 Å². The van der Waals surface area contributed by atoms with Gasteiger partial charge in [-0.15, -0.1) is 0 Å². The summed E-state index contributed by atoms with van der Waals surface area (Å²) < 4.78 is 9.93. The van der Waals surface area contributed by atoms with E-state index < -0.39 is 5.97 Å². The van der Waals surface area contributed by atoms with E-state index in [9.17, 15) is 4.79 Å². The van der Waals surface area contributed by atoms with E-state index in [1.165, 1.54) is 14.2 Å². The topological polar surface area (TPSA) is 51.3 Å². The minimum absolute atomic E-state index is 0.352. The number of rotatable bonds is 2. The van der Waals surface area contributed by atoms with Crippen LogP contribution in [-0.4, -0.2) is 25.2 Å². The number of esters is 1. The van der Waals surface area contributed by atoms with Crippen LogP contribution in [0.2, 0.25) is 0 Å². The Bertz CT molecular complexity index is 542. The van der Waals surface area contributed by atoms with Gasteiger partial charge < -0.3 is 14.5 Å². The van der Waals surface area contributed by atoms with Crippen molar-refractivity contribution in [3.05, 3.63) is 29.5 Å². The third kappa shape index (κ3) is 1.52. The van der Waals surface area contributed by atoms with E-state index >= 15 is 0 Å². The molecule has 4 nitrogen and oxygen atoms in total. The quantitative estimate of drug-likeness (QED) is 0.788. The van der Waals surface area contributed by atoms with Gasteiger partial charge in [0.05, 0.1) is 14.2 Å². The molecule has 16 heavy (non-hydrogen) atoms. The molecule has 0 unspecified atom stereocenters. The first-order valence-electron chi connectivity index (χ1n) is 4.92. The second kappa shape index (κ2) is 3.89. The molecule has 2 aromatic rings. The monoisotopic (exact) mass is 219 g/mol. The molecular weight excluding hydrogens is 206 g/mol. The molecule has 84 valence electrons. The maximum absolute atomic E-state index is 11.5. The summed E-state index contributed by atoms with van der Waals surface area (Å²) in [7, 11) is 2.88. The van der Waals surface area contributed by atoms with Crippen LogP contribution in [0.15, 0.2) is 18.2 Å². The molecule has 0 aliphatic carbocycles. The molecule has 0 spiro atoms. The van der Waals surface area contributed by atoms with Crippen molar-refractivity contribution in [1.82, 2.24) is 4.98 Å². The van der Waals surface area contributed by atoms with Crippen molar-refractivity contribution in [2.24, 2.45) is 0 Å². The van der Waals surface area contributed by atoms with Gasteiger partial charge in [0.1, 0.15) is 0 Å².